The molecule has 2 heterocycles. The van der Waals surface area contributed by atoms with Gasteiger partial charge in [0.05, 0.1) is 12.5 Å². The van der Waals surface area contributed by atoms with Gasteiger partial charge in [-0.3, -0.25) is 9.59 Å². The number of rotatable bonds is 1. The van der Waals surface area contributed by atoms with E-state index < -0.39 is 0 Å². The molecule has 1 fully saturated rings. The first kappa shape index (κ1) is 12.0. The molecular formula is C14H17N3O2. The second-order valence-electron chi connectivity index (χ2n) is 5.05. The van der Waals surface area contributed by atoms with Crippen molar-refractivity contribution in [3.63, 3.8) is 0 Å². The van der Waals surface area contributed by atoms with Crippen molar-refractivity contribution in [1.29, 1.82) is 0 Å². The molecule has 1 aromatic carbocycles. The standard InChI is InChI=1S/C14H17N3O2/c18-13-9-17(6-5-15-13)14(19)11-7-10-3-1-2-4-12(10)16-8-11/h1-4,11,16H,5-9H2,(H,15,18). The molecule has 1 saturated heterocycles. The quantitative estimate of drug-likeness (QED) is 0.759. The Morgan fingerprint density at radius 3 is 2.95 bits per heavy atom. The van der Waals surface area contributed by atoms with Gasteiger partial charge in [0, 0.05) is 25.3 Å². The fourth-order valence-electron chi connectivity index (χ4n) is 2.70. The average Bonchev–Trinajstić information content (AvgIpc) is 2.46. The molecule has 1 unspecified atom stereocenters. The molecule has 5 heteroatoms. The number of anilines is 1. The van der Waals surface area contributed by atoms with Gasteiger partial charge in [0.2, 0.25) is 11.8 Å². The maximum atomic E-state index is 12.4. The zero-order valence-corrected chi connectivity index (χ0v) is 10.7. The molecule has 3 rings (SSSR count). The third-order valence-corrected chi connectivity index (χ3v) is 3.72. The molecule has 2 N–H and O–H groups in total. The summed E-state index contributed by atoms with van der Waals surface area (Å²) in [5, 5.41) is 6.03. The minimum Gasteiger partial charge on any atom is -0.384 e. The van der Waals surface area contributed by atoms with Gasteiger partial charge in [0.1, 0.15) is 0 Å². The smallest absolute Gasteiger partial charge is 0.239 e. The number of nitrogens with zero attached hydrogens (tertiary/aromatic N) is 1. The van der Waals surface area contributed by atoms with E-state index in [0.29, 0.717) is 19.6 Å². The van der Waals surface area contributed by atoms with Gasteiger partial charge >= 0.3 is 0 Å². The van der Waals surface area contributed by atoms with E-state index in [4.69, 9.17) is 0 Å². The first-order chi connectivity index (χ1) is 9.24. The van der Waals surface area contributed by atoms with Crippen LogP contribution in [0.25, 0.3) is 0 Å². The van der Waals surface area contributed by atoms with Crippen LogP contribution in [0.15, 0.2) is 24.3 Å². The van der Waals surface area contributed by atoms with Gasteiger partial charge in [-0.1, -0.05) is 18.2 Å². The van der Waals surface area contributed by atoms with Crippen LogP contribution in [-0.2, 0) is 16.0 Å². The average molecular weight is 259 g/mol. The Morgan fingerprint density at radius 1 is 1.26 bits per heavy atom. The fraction of sp³-hybridized carbons (Fsp3) is 0.429. The number of hydrogen-bond acceptors (Lipinski definition) is 3. The molecule has 1 atom stereocenters. The van der Waals surface area contributed by atoms with Gasteiger partial charge in [-0.15, -0.1) is 0 Å². The van der Waals surface area contributed by atoms with Crippen molar-refractivity contribution in [2.45, 2.75) is 6.42 Å². The van der Waals surface area contributed by atoms with Gasteiger partial charge in [-0.05, 0) is 18.1 Å². The Bertz CT molecular complexity index is 515. The minimum atomic E-state index is -0.0687. The summed E-state index contributed by atoms with van der Waals surface area (Å²) in [5.74, 6) is -0.0542. The van der Waals surface area contributed by atoms with E-state index in [1.165, 1.54) is 5.56 Å². The second kappa shape index (κ2) is 4.91. The van der Waals surface area contributed by atoms with Crippen LogP contribution in [0.1, 0.15) is 5.56 Å². The molecular weight excluding hydrogens is 242 g/mol. The molecule has 2 aliphatic rings. The highest BCUT2D eigenvalue weighted by Gasteiger charge is 2.30. The maximum absolute atomic E-state index is 12.4. The largest absolute Gasteiger partial charge is 0.384 e. The van der Waals surface area contributed by atoms with Crippen LogP contribution in [0.3, 0.4) is 0 Å². The Hall–Kier alpha value is -2.04. The molecule has 100 valence electrons. The Labute approximate surface area is 112 Å². The molecule has 0 saturated carbocycles. The van der Waals surface area contributed by atoms with Crippen LogP contribution in [0.4, 0.5) is 5.69 Å². The molecule has 1 aromatic rings. The van der Waals surface area contributed by atoms with Crippen molar-refractivity contribution in [3.05, 3.63) is 29.8 Å². The fourth-order valence-corrected chi connectivity index (χ4v) is 2.70. The molecule has 2 aliphatic heterocycles. The first-order valence-electron chi connectivity index (χ1n) is 6.61. The van der Waals surface area contributed by atoms with E-state index in [-0.39, 0.29) is 24.3 Å². The molecule has 0 aromatic heterocycles. The molecule has 0 bridgehead atoms. The lowest BCUT2D eigenvalue weighted by molar-refractivity contribution is -0.141. The summed E-state index contributed by atoms with van der Waals surface area (Å²) in [7, 11) is 0. The van der Waals surface area contributed by atoms with Gasteiger partial charge < -0.3 is 15.5 Å². The van der Waals surface area contributed by atoms with Gasteiger partial charge in [0.25, 0.3) is 0 Å². The van der Waals surface area contributed by atoms with Crippen LogP contribution in [0.2, 0.25) is 0 Å². The highest BCUT2D eigenvalue weighted by molar-refractivity contribution is 5.87. The van der Waals surface area contributed by atoms with E-state index in [0.717, 1.165) is 12.1 Å². The minimum absolute atomic E-state index is 0.0660. The molecule has 0 radical (unpaired) electrons. The predicted molar refractivity (Wildman–Crippen MR) is 71.7 cm³/mol. The first-order valence-corrected chi connectivity index (χ1v) is 6.61. The van der Waals surface area contributed by atoms with E-state index in [9.17, 15) is 9.59 Å². The number of nitrogens with one attached hydrogen (secondary N) is 2. The van der Waals surface area contributed by atoms with Crippen LogP contribution in [0, 0.1) is 5.92 Å². The summed E-state index contributed by atoms with van der Waals surface area (Å²) in [4.78, 5) is 25.4. The highest BCUT2D eigenvalue weighted by Crippen LogP contribution is 2.25. The second-order valence-corrected chi connectivity index (χ2v) is 5.05. The molecule has 2 amide bonds. The Kier molecular flexibility index (Phi) is 3.11. The molecule has 19 heavy (non-hydrogen) atoms. The number of carbonyl (C=O) groups excluding carboxylic acids is 2. The van der Waals surface area contributed by atoms with Crippen LogP contribution < -0.4 is 10.6 Å². The third kappa shape index (κ3) is 2.41. The van der Waals surface area contributed by atoms with E-state index in [1.54, 1.807) is 4.90 Å². The summed E-state index contributed by atoms with van der Waals surface area (Å²) in [6.45, 7) is 2.01. The zero-order chi connectivity index (χ0) is 13.2. The maximum Gasteiger partial charge on any atom is 0.239 e. The Morgan fingerprint density at radius 2 is 2.11 bits per heavy atom. The number of fused-ring (bicyclic) bond motifs is 1. The number of carbonyl (C=O) groups is 2. The van der Waals surface area contributed by atoms with Crippen LogP contribution in [-0.4, -0.2) is 42.9 Å². The summed E-state index contributed by atoms with van der Waals surface area (Å²) in [6.07, 6.45) is 0.750. The van der Waals surface area contributed by atoms with Crippen molar-refractivity contribution < 1.29 is 9.59 Å². The summed E-state index contributed by atoms with van der Waals surface area (Å²) in [6, 6.07) is 8.06. The third-order valence-electron chi connectivity index (χ3n) is 3.72. The Balaban J connectivity index is 1.70. The van der Waals surface area contributed by atoms with Crippen molar-refractivity contribution >= 4 is 17.5 Å². The normalized spacial score (nSPS) is 22.2. The van der Waals surface area contributed by atoms with Crippen molar-refractivity contribution in [2.24, 2.45) is 5.92 Å². The van der Waals surface area contributed by atoms with Gasteiger partial charge in [-0.25, -0.2) is 0 Å². The summed E-state index contributed by atoms with van der Waals surface area (Å²) >= 11 is 0. The molecule has 5 nitrogen and oxygen atoms in total. The van der Waals surface area contributed by atoms with E-state index in [2.05, 4.69) is 10.6 Å². The number of amides is 2. The van der Waals surface area contributed by atoms with Gasteiger partial charge in [0.15, 0.2) is 0 Å². The summed E-state index contributed by atoms with van der Waals surface area (Å²) < 4.78 is 0. The number of piperazine rings is 1. The summed E-state index contributed by atoms with van der Waals surface area (Å²) in [5.41, 5.74) is 2.29. The number of para-hydroxylation sites is 1. The lowest BCUT2D eigenvalue weighted by Crippen LogP contribution is -2.52. The zero-order valence-electron chi connectivity index (χ0n) is 10.7. The number of benzene rings is 1. The topological polar surface area (TPSA) is 61.4 Å². The van der Waals surface area contributed by atoms with Crippen LogP contribution >= 0.6 is 0 Å². The number of hydrogen-bond donors (Lipinski definition) is 2. The monoisotopic (exact) mass is 259 g/mol. The van der Waals surface area contributed by atoms with Crippen molar-refractivity contribution in [2.75, 3.05) is 31.5 Å². The predicted octanol–water partition coefficient (Wildman–Crippen LogP) is 0.229. The molecule has 0 spiro atoms. The van der Waals surface area contributed by atoms with Gasteiger partial charge in [-0.2, -0.15) is 0 Å². The highest BCUT2D eigenvalue weighted by atomic mass is 16.2. The lowest BCUT2D eigenvalue weighted by Gasteiger charge is -2.32. The van der Waals surface area contributed by atoms with E-state index in [1.807, 2.05) is 24.3 Å². The lowest BCUT2D eigenvalue weighted by atomic mass is 9.92. The SMILES string of the molecule is O=C1CN(C(=O)C2CNc3ccccc3C2)CCN1. The van der Waals surface area contributed by atoms with Crippen LogP contribution in [0.5, 0.6) is 0 Å². The molecule has 0 aliphatic carbocycles. The van der Waals surface area contributed by atoms with Crippen molar-refractivity contribution in [1.82, 2.24) is 10.2 Å². The van der Waals surface area contributed by atoms with E-state index >= 15 is 0 Å². The van der Waals surface area contributed by atoms with Crippen molar-refractivity contribution in [3.8, 4) is 0 Å².